The number of aromatic nitrogens is 2. The van der Waals surface area contributed by atoms with Crippen LogP contribution in [0.5, 0.6) is 0 Å². The lowest BCUT2D eigenvalue weighted by Crippen LogP contribution is -2.11. The lowest BCUT2D eigenvalue weighted by molar-refractivity contribution is 0.690. The fourth-order valence-electron chi connectivity index (χ4n) is 1.76. The highest BCUT2D eigenvalue weighted by atomic mass is 32.1. The molecule has 0 aliphatic heterocycles. The predicted molar refractivity (Wildman–Crippen MR) is 72.7 cm³/mol. The zero-order chi connectivity index (χ0) is 11.7. The molecular weight excluding hydrogens is 250 g/mol. The van der Waals surface area contributed by atoms with Crippen LogP contribution in [0.1, 0.15) is 15.4 Å². The van der Waals surface area contributed by atoms with Crippen LogP contribution >= 0.6 is 22.7 Å². The Labute approximate surface area is 108 Å². The summed E-state index contributed by atoms with van der Waals surface area (Å²) >= 11 is 3.51. The van der Waals surface area contributed by atoms with Gasteiger partial charge in [-0.15, -0.1) is 22.7 Å². The Morgan fingerprint density at radius 1 is 1.35 bits per heavy atom. The fraction of sp³-hybridized carbons (Fsp3) is 0.250. The molecule has 3 aromatic rings. The standard InChI is InChI=1S/C12H13N3S2/c1-9-2-3-11(17-9)7-13-6-10-8-15-4-5-16-12(15)14-10/h2-5,8,13H,6-7H2,1H3. The van der Waals surface area contributed by atoms with E-state index in [0.29, 0.717) is 0 Å². The number of fused-ring (bicyclic) bond motifs is 1. The van der Waals surface area contributed by atoms with Gasteiger partial charge in [-0.1, -0.05) is 0 Å². The molecule has 0 bridgehead atoms. The summed E-state index contributed by atoms with van der Waals surface area (Å²) in [6.45, 7) is 3.88. The van der Waals surface area contributed by atoms with Crippen LogP contribution in [0.15, 0.2) is 29.9 Å². The molecule has 0 atom stereocenters. The van der Waals surface area contributed by atoms with E-state index in [-0.39, 0.29) is 0 Å². The zero-order valence-electron chi connectivity index (χ0n) is 9.51. The van der Waals surface area contributed by atoms with Gasteiger partial charge in [0.25, 0.3) is 0 Å². The van der Waals surface area contributed by atoms with E-state index in [1.807, 2.05) is 22.9 Å². The first-order valence-corrected chi connectivity index (χ1v) is 7.18. The third-order valence-electron chi connectivity index (χ3n) is 2.54. The Morgan fingerprint density at radius 3 is 3.06 bits per heavy atom. The lowest BCUT2D eigenvalue weighted by atomic mass is 10.4. The molecule has 0 aromatic carbocycles. The molecule has 0 radical (unpaired) electrons. The van der Waals surface area contributed by atoms with Crippen LogP contribution < -0.4 is 5.32 Å². The van der Waals surface area contributed by atoms with E-state index in [0.717, 1.165) is 23.7 Å². The van der Waals surface area contributed by atoms with Gasteiger partial charge in [0.15, 0.2) is 4.96 Å². The van der Waals surface area contributed by atoms with E-state index >= 15 is 0 Å². The van der Waals surface area contributed by atoms with Crippen molar-refractivity contribution in [3.63, 3.8) is 0 Å². The van der Waals surface area contributed by atoms with Gasteiger partial charge in [0.2, 0.25) is 0 Å². The van der Waals surface area contributed by atoms with Crippen LogP contribution in [-0.4, -0.2) is 9.38 Å². The molecule has 17 heavy (non-hydrogen) atoms. The molecule has 3 heterocycles. The lowest BCUT2D eigenvalue weighted by Gasteiger charge is -1.99. The smallest absolute Gasteiger partial charge is 0.193 e. The van der Waals surface area contributed by atoms with Crippen LogP contribution in [0, 0.1) is 6.92 Å². The minimum atomic E-state index is 0.825. The second-order valence-electron chi connectivity index (χ2n) is 3.94. The molecule has 3 nitrogen and oxygen atoms in total. The van der Waals surface area contributed by atoms with E-state index < -0.39 is 0 Å². The minimum absolute atomic E-state index is 0.825. The summed E-state index contributed by atoms with van der Waals surface area (Å²) in [5.74, 6) is 0. The number of hydrogen-bond donors (Lipinski definition) is 1. The van der Waals surface area contributed by atoms with Crippen molar-refractivity contribution in [2.24, 2.45) is 0 Å². The van der Waals surface area contributed by atoms with Crippen LogP contribution in [0.2, 0.25) is 0 Å². The van der Waals surface area contributed by atoms with Gasteiger partial charge in [-0.3, -0.25) is 4.40 Å². The zero-order valence-corrected chi connectivity index (χ0v) is 11.1. The van der Waals surface area contributed by atoms with Gasteiger partial charge in [-0.05, 0) is 19.1 Å². The number of thiophene rings is 1. The van der Waals surface area contributed by atoms with Gasteiger partial charge in [0.05, 0.1) is 5.69 Å². The van der Waals surface area contributed by atoms with Gasteiger partial charge >= 0.3 is 0 Å². The predicted octanol–water partition coefficient (Wildman–Crippen LogP) is 3.06. The second-order valence-corrected chi connectivity index (χ2v) is 6.19. The fourth-order valence-corrected chi connectivity index (χ4v) is 3.33. The normalized spacial score (nSPS) is 11.4. The summed E-state index contributed by atoms with van der Waals surface area (Å²) < 4.78 is 2.07. The topological polar surface area (TPSA) is 29.3 Å². The molecular formula is C12H13N3S2. The first-order valence-electron chi connectivity index (χ1n) is 5.48. The number of imidazole rings is 1. The third kappa shape index (κ3) is 2.41. The number of thiazole rings is 1. The maximum Gasteiger partial charge on any atom is 0.193 e. The Hall–Kier alpha value is -1.17. The van der Waals surface area contributed by atoms with Crippen molar-refractivity contribution >= 4 is 27.6 Å². The molecule has 0 saturated carbocycles. The van der Waals surface area contributed by atoms with Crippen molar-refractivity contribution in [3.8, 4) is 0 Å². The Balaban J connectivity index is 1.59. The van der Waals surface area contributed by atoms with Crippen LogP contribution in [0.4, 0.5) is 0 Å². The monoisotopic (exact) mass is 263 g/mol. The summed E-state index contributed by atoms with van der Waals surface area (Å²) in [6, 6.07) is 4.34. The summed E-state index contributed by atoms with van der Waals surface area (Å²) in [5, 5.41) is 5.47. The van der Waals surface area contributed by atoms with Crippen molar-refractivity contribution < 1.29 is 0 Å². The number of hydrogen-bond acceptors (Lipinski definition) is 4. The molecule has 88 valence electrons. The van der Waals surface area contributed by atoms with Crippen molar-refractivity contribution in [1.29, 1.82) is 0 Å². The van der Waals surface area contributed by atoms with E-state index in [2.05, 4.69) is 40.0 Å². The van der Waals surface area contributed by atoms with E-state index in [1.165, 1.54) is 9.75 Å². The minimum Gasteiger partial charge on any atom is -0.306 e. The van der Waals surface area contributed by atoms with Gasteiger partial charge in [-0.25, -0.2) is 4.98 Å². The molecule has 0 aliphatic carbocycles. The summed E-state index contributed by atoms with van der Waals surface area (Å²) in [7, 11) is 0. The molecule has 3 rings (SSSR count). The number of aryl methyl sites for hydroxylation is 1. The largest absolute Gasteiger partial charge is 0.306 e. The Kier molecular flexibility index (Phi) is 2.96. The summed E-state index contributed by atoms with van der Waals surface area (Å²) in [5.41, 5.74) is 1.10. The molecule has 1 N–H and O–H groups in total. The molecule has 0 aliphatic rings. The number of nitrogens with one attached hydrogen (secondary N) is 1. The molecule has 0 fully saturated rings. The summed E-state index contributed by atoms with van der Waals surface area (Å²) in [6.07, 6.45) is 4.12. The first kappa shape index (κ1) is 11.0. The van der Waals surface area contributed by atoms with E-state index in [9.17, 15) is 0 Å². The van der Waals surface area contributed by atoms with Gasteiger partial charge in [-0.2, -0.15) is 0 Å². The highest BCUT2D eigenvalue weighted by Gasteiger charge is 2.02. The quantitative estimate of drug-likeness (QED) is 0.784. The van der Waals surface area contributed by atoms with Crippen LogP contribution in [0.25, 0.3) is 4.96 Å². The van der Waals surface area contributed by atoms with E-state index in [1.54, 1.807) is 11.3 Å². The second kappa shape index (κ2) is 4.60. The highest BCUT2D eigenvalue weighted by Crippen LogP contribution is 2.15. The summed E-state index contributed by atoms with van der Waals surface area (Å²) in [4.78, 5) is 8.34. The number of rotatable bonds is 4. The molecule has 5 heteroatoms. The Bertz CT molecular complexity index is 592. The van der Waals surface area contributed by atoms with Crippen molar-refractivity contribution in [2.45, 2.75) is 20.0 Å². The third-order valence-corrected chi connectivity index (χ3v) is 4.32. The van der Waals surface area contributed by atoms with Crippen molar-refractivity contribution in [2.75, 3.05) is 0 Å². The molecule has 0 unspecified atom stereocenters. The molecule has 0 amide bonds. The molecule has 0 spiro atoms. The molecule has 3 aromatic heterocycles. The van der Waals surface area contributed by atoms with Crippen LogP contribution in [-0.2, 0) is 13.1 Å². The van der Waals surface area contributed by atoms with Crippen molar-refractivity contribution in [1.82, 2.24) is 14.7 Å². The Morgan fingerprint density at radius 2 is 2.29 bits per heavy atom. The number of nitrogens with zero attached hydrogens (tertiary/aromatic N) is 2. The van der Waals surface area contributed by atoms with Gasteiger partial charge in [0, 0.05) is 40.6 Å². The van der Waals surface area contributed by atoms with Crippen LogP contribution in [0.3, 0.4) is 0 Å². The molecule has 0 saturated heterocycles. The van der Waals surface area contributed by atoms with E-state index in [4.69, 9.17) is 0 Å². The van der Waals surface area contributed by atoms with Gasteiger partial charge in [0.1, 0.15) is 0 Å². The maximum absolute atomic E-state index is 4.53. The average molecular weight is 263 g/mol. The SMILES string of the molecule is Cc1ccc(CNCc2cn3ccsc3n2)s1. The maximum atomic E-state index is 4.53. The first-order chi connectivity index (χ1) is 8.31. The van der Waals surface area contributed by atoms with Crippen molar-refractivity contribution in [3.05, 3.63) is 45.4 Å². The average Bonchev–Trinajstić information content (AvgIpc) is 2.94. The highest BCUT2D eigenvalue weighted by molar-refractivity contribution is 7.15. The van der Waals surface area contributed by atoms with Gasteiger partial charge < -0.3 is 5.32 Å².